The van der Waals surface area contributed by atoms with Gasteiger partial charge in [0.05, 0.1) is 0 Å². The quantitative estimate of drug-likeness (QED) is 0.652. The number of pyridine rings is 1. The first-order valence-corrected chi connectivity index (χ1v) is 7.70. The van der Waals surface area contributed by atoms with Gasteiger partial charge in [-0.2, -0.15) is 0 Å². The number of halogens is 1. The van der Waals surface area contributed by atoms with E-state index in [4.69, 9.17) is 0 Å². The maximum Gasteiger partial charge on any atom is 0.251 e. The van der Waals surface area contributed by atoms with Crippen LogP contribution in [-0.2, 0) is 4.79 Å². The minimum Gasteiger partial charge on any atom is -0.354 e. The van der Waals surface area contributed by atoms with Gasteiger partial charge in [0.25, 0.3) is 11.5 Å². The Balaban J connectivity index is 2.48. The molecule has 0 aliphatic rings. The summed E-state index contributed by atoms with van der Waals surface area (Å²) in [5.74, 6) is -1.60. The summed E-state index contributed by atoms with van der Waals surface area (Å²) < 4.78 is 14.2. The number of nitrogens with one attached hydrogen (secondary N) is 1. The molecule has 0 radical (unpaired) electrons. The molecule has 1 heterocycles. The minimum atomic E-state index is -1.32. The lowest BCUT2D eigenvalue weighted by atomic mass is 10.0. The molecule has 126 valence electrons. The first-order valence-electron chi connectivity index (χ1n) is 7.70. The number of hydrogen-bond acceptors (Lipinski definition) is 3. The molecular formula is C18H19FN2O3. The fourth-order valence-corrected chi connectivity index (χ4v) is 2.31. The first-order chi connectivity index (χ1) is 11.4. The lowest BCUT2D eigenvalue weighted by molar-refractivity contribution is -0.123. The fraction of sp³-hybridized carbons (Fsp3) is 0.278. The minimum absolute atomic E-state index is 0.168. The van der Waals surface area contributed by atoms with Gasteiger partial charge in [-0.25, -0.2) is 4.39 Å². The van der Waals surface area contributed by atoms with Crippen LogP contribution in [0, 0.1) is 12.7 Å². The molecule has 6 heteroatoms. The van der Waals surface area contributed by atoms with Crippen molar-refractivity contribution in [3.05, 3.63) is 69.9 Å². The van der Waals surface area contributed by atoms with Crippen LogP contribution in [0.25, 0.3) is 0 Å². The molecule has 0 saturated heterocycles. The summed E-state index contributed by atoms with van der Waals surface area (Å²) in [7, 11) is 0. The van der Waals surface area contributed by atoms with Crippen molar-refractivity contribution in [2.24, 2.45) is 0 Å². The summed E-state index contributed by atoms with van der Waals surface area (Å²) in [6.45, 7) is 4.04. The van der Waals surface area contributed by atoms with Gasteiger partial charge in [-0.05, 0) is 43.2 Å². The highest BCUT2D eigenvalue weighted by atomic mass is 19.1. The highest BCUT2D eigenvalue weighted by molar-refractivity contribution is 6.11. The molecule has 24 heavy (non-hydrogen) atoms. The Morgan fingerprint density at radius 2 is 1.83 bits per heavy atom. The summed E-state index contributed by atoms with van der Waals surface area (Å²) in [5.41, 5.74) is 0.462. The Morgan fingerprint density at radius 3 is 2.46 bits per heavy atom. The van der Waals surface area contributed by atoms with Gasteiger partial charge in [0.1, 0.15) is 5.82 Å². The Hall–Kier alpha value is -2.76. The van der Waals surface area contributed by atoms with E-state index in [1.807, 2.05) is 6.92 Å². The van der Waals surface area contributed by atoms with Gasteiger partial charge >= 0.3 is 0 Å². The molecule has 0 saturated carbocycles. The number of hydrogen-bond donors (Lipinski definition) is 1. The number of benzene rings is 1. The number of amides is 1. The summed E-state index contributed by atoms with van der Waals surface area (Å²) in [6.07, 6.45) is 2.17. The van der Waals surface area contributed by atoms with Crippen molar-refractivity contribution in [3.8, 4) is 0 Å². The topological polar surface area (TPSA) is 68.2 Å². The van der Waals surface area contributed by atoms with Gasteiger partial charge in [0.2, 0.25) is 0 Å². The predicted molar refractivity (Wildman–Crippen MR) is 88.5 cm³/mol. The third-order valence-electron chi connectivity index (χ3n) is 3.54. The van der Waals surface area contributed by atoms with Gasteiger partial charge < -0.3 is 5.32 Å². The molecule has 0 unspecified atom stereocenters. The molecule has 0 aliphatic heterocycles. The number of aryl methyl sites for hydroxylation is 1. The van der Waals surface area contributed by atoms with E-state index in [0.717, 1.165) is 22.3 Å². The van der Waals surface area contributed by atoms with Gasteiger partial charge in [-0.3, -0.25) is 19.0 Å². The number of carbonyl (C=O) groups excluding carboxylic acids is 2. The van der Waals surface area contributed by atoms with Crippen LogP contribution >= 0.6 is 0 Å². The smallest absolute Gasteiger partial charge is 0.251 e. The van der Waals surface area contributed by atoms with E-state index >= 15 is 0 Å². The van der Waals surface area contributed by atoms with Crippen LogP contribution in [0.15, 0.2) is 47.4 Å². The van der Waals surface area contributed by atoms with E-state index in [2.05, 4.69) is 5.32 Å². The number of carbonyl (C=O) groups is 2. The largest absolute Gasteiger partial charge is 0.354 e. The average Bonchev–Trinajstić information content (AvgIpc) is 2.56. The van der Waals surface area contributed by atoms with Crippen LogP contribution in [0.4, 0.5) is 4.39 Å². The van der Waals surface area contributed by atoms with E-state index < -0.39 is 29.1 Å². The molecule has 0 spiro atoms. The first kappa shape index (κ1) is 17.6. The molecule has 1 aromatic heterocycles. The highest BCUT2D eigenvalue weighted by Crippen LogP contribution is 2.15. The standard InChI is InChI=1S/C18H19FN2O3/c1-3-10-20-18(24)16(21-11-12(2)4-9-15(21)22)17(23)13-5-7-14(19)8-6-13/h4-9,11,16H,3,10H2,1-2H3,(H,20,24)/t16-/m0/s1. The lowest BCUT2D eigenvalue weighted by Gasteiger charge is -2.19. The normalized spacial score (nSPS) is 11.8. The summed E-state index contributed by atoms with van der Waals surface area (Å²) in [5, 5.41) is 2.65. The van der Waals surface area contributed by atoms with E-state index in [1.54, 1.807) is 13.0 Å². The Morgan fingerprint density at radius 1 is 1.17 bits per heavy atom. The molecule has 0 bridgehead atoms. The molecule has 1 amide bonds. The molecule has 1 atom stereocenters. The highest BCUT2D eigenvalue weighted by Gasteiger charge is 2.30. The van der Waals surface area contributed by atoms with Crippen molar-refractivity contribution < 1.29 is 14.0 Å². The second kappa shape index (κ2) is 7.68. The zero-order valence-corrected chi connectivity index (χ0v) is 13.6. The molecule has 1 N–H and O–H groups in total. The number of Topliss-reactive ketones (excluding diaryl/α,β-unsaturated/α-hetero) is 1. The lowest BCUT2D eigenvalue weighted by Crippen LogP contribution is -2.41. The van der Waals surface area contributed by atoms with Crippen molar-refractivity contribution in [3.63, 3.8) is 0 Å². The number of aromatic nitrogens is 1. The van der Waals surface area contributed by atoms with E-state index in [9.17, 15) is 18.8 Å². The summed E-state index contributed by atoms with van der Waals surface area (Å²) in [4.78, 5) is 37.4. The maximum atomic E-state index is 13.1. The van der Waals surface area contributed by atoms with Crippen LogP contribution in [0.1, 0.15) is 35.3 Å². The van der Waals surface area contributed by atoms with E-state index in [-0.39, 0.29) is 5.56 Å². The third kappa shape index (κ3) is 3.95. The van der Waals surface area contributed by atoms with Crippen molar-refractivity contribution in [1.82, 2.24) is 9.88 Å². The second-order valence-corrected chi connectivity index (χ2v) is 5.52. The van der Waals surface area contributed by atoms with E-state index in [1.165, 1.54) is 24.4 Å². The second-order valence-electron chi connectivity index (χ2n) is 5.52. The molecule has 5 nitrogen and oxygen atoms in total. The molecule has 1 aromatic carbocycles. The van der Waals surface area contributed by atoms with Crippen LogP contribution in [0.3, 0.4) is 0 Å². The van der Waals surface area contributed by atoms with Crippen LogP contribution in [0.2, 0.25) is 0 Å². The Bertz CT molecular complexity index is 797. The van der Waals surface area contributed by atoms with Crippen LogP contribution in [-0.4, -0.2) is 22.8 Å². The van der Waals surface area contributed by atoms with Gasteiger partial charge in [0, 0.05) is 24.4 Å². The summed E-state index contributed by atoms with van der Waals surface area (Å²) >= 11 is 0. The SMILES string of the molecule is CCCNC(=O)[C@H](C(=O)c1ccc(F)cc1)n1cc(C)ccc1=O. The van der Waals surface area contributed by atoms with Crippen LogP contribution in [0.5, 0.6) is 0 Å². The molecule has 2 aromatic rings. The fourth-order valence-electron chi connectivity index (χ4n) is 2.31. The summed E-state index contributed by atoms with van der Waals surface area (Å²) in [6, 6.07) is 6.50. The van der Waals surface area contributed by atoms with Crippen molar-refractivity contribution in [2.45, 2.75) is 26.3 Å². The number of ketones is 1. The molecule has 0 fully saturated rings. The maximum absolute atomic E-state index is 13.1. The zero-order valence-electron chi connectivity index (χ0n) is 13.6. The predicted octanol–water partition coefficient (Wildman–Crippen LogP) is 2.25. The Kier molecular flexibility index (Phi) is 5.63. The van der Waals surface area contributed by atoms with Gasteiger partial charge in [-0.15, -0.1) is 0 Å². The third-order valence-corrected chi connectivity index (χ3v) is 3.54. The zero-order chi connectivity index (χ0) is 17.7. The Labute approximate surface area is 139 Å². The van der Waals surface area contributed by atoms with Gasteiger partial charge in [0.15, 0.2) is 11.8 Å². The molecule has 2 rings (SSSR count). The van der Waals surface area contributed by atoms with E-state index in [0.29, 0.717) is 13.0 Å². The van der Waals surface area contributed by atoms with Crippen molar-refractivity contribution >= 4 is 11.7 Å². The number of rotatable bonds is 6. The monoisotopic (exact) mass is 330 g/mol. The van der Waals surface area contributed by atoms with Gasteiger partial charge in [-0.1, -0.05) is 13.0 Å². The van der Waals surface area contributed by atoms with Crippen molar-refractivity contribution in [1.29, 1.82) is 0 Å². The van der Waals surface area contributed by atoms with Crippen LogP contribution < -0.4 is 10.9 Å². The molecular weight excluding hydrogens is 311 g/mol. The van der Waals surface area contributed by atoms with Crippen molar-refractivity contribution in [2.75, 3.05) is 6.54 Å². The average molecular weight is 330 g/mol. The number of nitrogens with zero attached hydrogens (tertiary/aromatic N) is 1. The molecule has 0 aliphatic carbocycles.